The first kappa shape index (κ1) is 20.5. The van der Waals surface area contributed by atoms with Crippen LogP contribution in [-0.2, 0) is 6.61 Å². The van der Waals surface area contributed by atoms with Crippen molar-refractivity contribution in [2.45, 2.75) is 19.0 Å². The van der Waals surface area contributed by atoms with Gasteiger partial charge in [-0.05, 0) is 41.0 Å². The number of methoxy groups -OCH3 is 1. The zero-order valence-corrected chi connectivity index (χ0v) is 15.6. The molecule has 0 spiro atoms. The summed E-state index contributed by atoms with van der Waals surface area (Å²) in [6, 6.07) is 20.0. The standard InChI is InChI=1S/C22H20F3NO3/c1-27-20-13-17(9-12-19(20)28-14-15-5-3-2-4-6-15)21(26)16-7-10-18(11-8-16)29-22(23,24)25/h2-13,21H,14,26H2,1H3/t21-/m1/s1. The minimum atomic E-state index is -4.73. The second-order valence-electron chi connectivity index (χ2n) is 6.28. The fraction of sp³-hybridized carbons (Fsp3) is 0.182. The van der Waals surface area contributed by atoms with Crippen LogP contribution in [0.1, 0.15) is 22.7 Å². The lowest BCUT2D eigenvalue weighted by Crippen LogP contribution is -2.17. The highest BCUT2D eigenvalue weighted by Crippen LogP contribution is 2.33. The van der Waals surface area contributed by atoms with Gasteiger partial charge in [-0.15, -0.1) is 13.2 Å². The fourth-order valence-corrected chi connectivity index (χ4v) is 2.80. The molecule has 0 aliphatic carbocycles. The molecule has 3 rings (SSSR count). The summed E-state index contributed by atoms with van der Waals surface area (Å²) in [5, 5.41) is 0. The molecular weight excluding hydrogens is 383 g/mol. The second-order valence-corrected chi connectivity index (χ2v) is 6.28. The fourth-order valence-electron chi connectivity index (χ4n) is 2.80. The average Bonchev–Trinajstić information content (AvgIpc) is 2.72. The van der Waals surface area contributed by atoms with Crippen LogP contribution in [-0.4, -0.2) is 13.5 Å². The summed E-state index contributed by atoms with van der Waals surface area (Å²) >= 11 is 0. The van der Waals surface area contributed by atoms with E-state index in [0.717, 1.165) is 11.1 Å². The summed E-state index contributed by atoms with van der Waals surface area (Å²) in [5.74, 6) is 0.794. The molecule has 0 unspecified atom stereocenters. The van der Waals surface area contributed by atoms with E-state index < -0.39 is 12.4 Å². The Hall–Kier alpha value is -3.19. The smallest absolute Gasteiger partial charge is 0.493 e. The van der Waals surface area contributed by atoms with Gasteiger partial charge in [-0.2, -0.15) is 0 Å². The van der Waals surface area contributed by atoms with Crippen LogP contribution in [0.4, 0.5) is 13.2 Å². The van der Waals surface area contributed by atoms with E-state index in [1.807, 2.05) is 30.3 Å². The third-order valence-electron chi connectivity index (χ3n) is 4.26. The molecule has 4 nitrogen and oxygen atoms in total. The lowest BCUT2D eigenvalue weighted by Gasteiger charge is -2.17. The van der Waals surface area contributed by atoms with Crippen molar-refractivity contribution in [1.82, 2.24) is 0 Å². The first-order valence-corrected chi connectivity index (χ1v) is 8.81. The van der Waals surface area contributed by atoms with Gasteiger partial charge < -0.3 is 19.9 Å². The zero-order chi connectivity index (χ0) is 20.9. The molecule has 0 saturated heterocycles. The largest absolute Gasteiger partial charge is 0.573 e. The summed E-state index contributed by atoms with van der Waals surface area (Å²) in [5.41, 5.74) is 8.67. The molecule has 1 atom stereocenters. The van der Waals surface area contributed by atoms with E-state index in [4.69, 9.17) is 15.2 Å². The topological polar surface area (TPSA) is 53.7 Å². The van der Waals surface area contributed by atoms with Crippen LogP contribution in [0.25, 0.3) is 0 Å². The van der Waals surface area contributed by atoms with Crippen molar-refractivity contribution in [2.75, 3.05) is 7.11 Å². The van der Waals surface area contributed by atoms with Gasteiger partial charge in [0.1, 0.15) is 12.4 Å². The molecule has 0 bridgehead atoms. The van der Waals surface area contributed by atoms with Crippen LogP contribution in [0, 0.1) is 0 Å². The molecule has 0 radical (unpaired) electrons. The third-order valence-corrected chi connectivity index (χ3v) is 4.26. The van der Waals surface area contributed by atoms with Crippen LogP contribution in [0.2, 0.25) is 0 Å². The van der Waals surface area contributed by atoms with E-state index in [1.165, 1.54) is 31.4 Å². The van der Waals surface area contributed by atoms with Crippen LogP contribution in [0.5, 0.6) is 17.2 Å². The maximum atomic E-state index is 12.3. The number of nitrogens with two attached hydrogens (primary N) is 1. The van der Waals surface area contributed by atoms with Crippen molar-refractivity contribution in [3.8, 4) is 17.2 Å². The summed E-state index contributed by atoms with van der Waals surface area (Å²) in [4.78, 5) is 0. The number of benzene rings is 3. The van der Waals surface area contributed by atoms with E-state index in [2.05, 4.69) is 4.74 Å². The molecule has 3 aromatic rings. The van der Waals surface area contributed by atoms with Gasteiger partial charge in [0.2, 0.25) is 0 Å². The van der Waals surface area contributed by atoms with Gasteiger partial charge in [-0.3, -0.25) is 0 Å². The Bertz CT molecular complexity index is 928. The third kappa shape index (κ3) is 5.65. The van der Waals surface area contributed by atoms with Crippen molar-refractivity contribution in [3.63, 3.8) is 0 Å². The number of rotatable bonds is 7. The highest BCUT2D eigenvalue weighted by atomic mass is 19.4. The SMILES string of the molecule is COc1cc([C@H](N)c2ccc(OC(F)(F)F)cc2)ccc1OCc1ccccc1. The van der Waals surface area contributed by atoms with E-state index in [9.17, 15) is 13.2 Å². The molecule has 29 heavy (non-hydrogen) atoms. The molecule has 0 amide bonds. The second kappa shape index (κ2) is 8.87. The Kier molecular flexibility index (Phi) is 6.29. The van der Waals surface area contributed by atoms with Crippen LogP contribution in [0.15, 0.2) is 72.8 Å². The normalized spacial score (nSPS) is 12.3. The molecule has 0 saturated carbocycles. The minimum absolute atomic E-state index is 0.296. The molecular formula is C22H20F3NO3. The number of halogens is 3. The summed E-state index contributed by atoms with van der Waals surface area (Å²) in [6.07, 6.45) is -4.73. The van der Waals surface area contributed by atoms with Crippen molar-refractivity contribution in [2.24, 2.45) is 5.73 Å². The Labute approximate surface area is 166 Å². The quantitative estimate of drug-likeness (QED) is 0.588. The maximum absolute atomic E-state index is 12.3. The van der Waals surface area contributed by atoms with E-state index in [1.54, 1.807) is 18.2 Å². The van der Waals surface area contributed by atoms with Gasteiger partial charge in [0.05, 0.1) is 13.2 Å². The van der Waals surface area contributed by atoms with Gasteiger partial charge in [0.15, 0.2) is 11.5 Å². The highest BCUT2D eigenvalue weighted by Gasteiger charge is 2.31. The Balaban J connectivity index is 1.73. The zero-order valence-electron chi connectivity index (χ0n) is 15.6. The van der Waals surface area contributed by atoms with Gasteiger partial charge in [-0.1, -0.05) is 48.5 Å². The van der Waals surface area contributed by atoms with Gasteiger partial charge in [0, 0.05) is 0 Å². The van der Waals surface area contributed by atoms with Gasteiger partial charge in [-0.25, -0.2) is 0 Å². The van der Waals surface area contributed by atoms with Crippen molar-refractivity contribution in [1.29, 1.82) is 0 Å². The first-order chi connectivity index (χ1) is 13.9. The molecule has 2 N–H and O–H groups in total. The number of alkyl halides is 3. The molecule has 0 aliphatic rings. The first-order valence-electron chi connectivity index (χ1n) is 8.81. The number of hydrogen-bond acceptors (Lipinski definition) is 4. The predicted octanol–water partition coefficient (Wildman–Crippen LogP) is 5.22. The van der Waals surface area contributed by atoms with Crippen LogP contribution >= 0.6 is 0 Å². The minimum Gasteiger partial charge on any atom is -0.493 e. The average molecular weight is 403 g/mol. The van der Waals surface area contributed by atoms with Crippen LogP contribution in [0.3, 0.4) is 0 Å². The molecule has 152 valence electrons. The Morgan fingerprint density at radius 2 is 1.52 bits per heavy atom. The van der Waals surface area contributed by atoms with E-state index in [0.29, 0.717) is 23.7 Å². The molecule has 0 heterocycles. The maximum Gasteiger partial charge on any atom is 0.573 e. The van der Waals surface area contributed by atoms with Crippen molar-refractivity contribution in [3.05, 3.63) is 89.5 Å². The monoisotopic (exact) mass is 403 g/mol. The van der Waals surface area contributed by atoms with Crippen molar-refractivity contribution >= 4 is 0 Å². The lowest BCUT2D eigenvalue weighted by atomic mass is 9.99. The highest BCUT2D eigenvalue weighted by molar-refractivity contribution is 5.46. The van der Waals surface area contributed by atoms with Crippen LogP contribution < -0.4 is 19.9 Å². The number of hydrogen-bond donors (Lipinski definition) is 1. The van der Waals surface area contributed by atoms with Crippen molar-refractivity contribution < 1.29 is 27.4 Å². The molecule has 0 aliphatic heterocycles. The predicted molar refractivity (Wildman–Crippen MR) is 103 cm³/mol. The molecule has 7 heteroatoms. The molecule has 0 fully saturated rings. The summed E-state index contributed by atoms with van der Waals surface area (Å²) in [6.45, 7) is 0.392. The molecule has 3 aromatic carbocycles. The van der Waals surface area contributed by atoms with E-state index in [-0.39, 0.29) is 5.75 Å². The summed E-state index contributed by atoms with van der Waals surface area (Å²) < 4.78 is 52.0. The molecule has 0 aromatic heterocycles. The number of ether oxygens (including phenoxy) is 3. The lowest BCUT2D eigenvalue weighted by molar-refractivity contribution is -0.274. The summed E-state index contributed by atoms with van der Waals surface area (Å²) in [7, 11) is 1.53. The van der Waals surface area contributed by atoms with Gasteiger partial charge >= 0.3 is 6.36 Å². The Morgan fingerprint density at radius 1 is 0.862 bits per heavy atom. The van der Waals surface area contributed by atoms with Gasteiger partial charge in [0.25, 0.3) is 0 Å². The van der Waals surface area contributed by atoms with E-state index >= 15 is 0 Å². The Morgan fingerprint density at radius 3 is 2.14 bits per heavy atom.